The van der Waals surface area contributed by atoms with Crippen molar-refractivity contribution in [3.63, 3.8) is 0 Å². The molecular weight excluding hydrogens is 274 g/mol. The minimum Gasteiger partial charge on any atom is -0.393 e. The van der Waals surface area contributed by atoms with Gasteiger partial charge in [-0.15, -0.1) is 0 Å². The second-order valence-corrected chi connectivity index (χ2v) is 6.88. The Hall–Kier alpha value is -1.35. The van der Waals surface area contributed by atoms with Gasteiger partial charge in [0.1, 0.15) is 0 Å². The van der Waals surface area contributed by atoms with E-state index in [9.17, 15) is 9.90 Å². The Bertz CT molecular complexity index is 487. The predicted octanol–water partition coefficient (Wildman–Crippen LogP) is 3.16. The summed E-state index contributed by atoms with van der Waals surface area (Å²) in [6.45, 7) is 0.900. The van der Waals surface area contributed by atoms with Crippen molar-refractivity contribution in [1.82, 2.24) is 4.90 Å². The Balaban J connectivity index is 1.60. The number of benzene rings is 1. The molecule has 1 aliphatic heterocycles. The van der Waals surface area contributed by atoms with Crippen LogP contribution in [0.4, 0.5) is 0 Å². The van der Waals surface area contributed by atoms with Crippen molar-refractivity contribution in [2.75, 3.05) is 6.54 Å². The molecule has 1 amide bonds. The Kier molecular flexibility index (Phi) is 5.14. The minimum absolute atomic E-state index is 0.151. The lowest BCUT2D eigenvalue weighted by atomic mass is 9.93. The molecule has 1 heterocycles. The lowest BCUT2D eigenvalue weighted by Crippen LogP contribution is -2.39. The van der Waals surface area contributed by atoms with Gasteiger partial charge in [0.25, 0.3) is 0 Å². The maximum absolute atomic E-state index is 12.8. The molecule has 1 aromatic rings. The number of aliphatic hydroxyl groups is 1. The monoisotopic (exact) mass is 301 g/mol. The van der Waals surface area contributed by atoms with E-state index in [1.807, 2.05) is 18.2 Å². The number of rotatable bonds is 3. The van der Waals surface area contributed by atoms with Crippen LogP contribution in [0.25, 0.3) is 0 Å². The van der Waals surface area contributed by atoms with Crippen molar-refractivity contribution in [3.05, 3.63) is 35.9 Å². The number of amides is 1. The van der Waals surface area contributed by atoms with Crippen molar-refractivity contribution in [2.45, 2.75) is 63.5 Å². The first kappa shape index (κ1) is 15.5. The van der Waals surface area contributed by atoms with E-state index in [1.54, 1.807) is 0 Å². The molecule has 22 heavy (non-hydrogen) atoms. The molecular formula is C19H27NO2. The molecule has 3 unspecified atom stereocenters. The van der Waals surface area contributed by atoms with Crippen molar-refractivity contribution >= 4 is 5.91 Å². The fraction of sp³-hybridized carbons (Fsp3) is 0.632. The summed E-state index contributed by atoms with van der Waals surface area (Å²) in [4.78, 5) is 14.9. The summed E-state index contributed by atoms with van der Waals surface area (Å²) in [7, 11) is 0. The molecule has 1 aliphatic carbocycles. The molecule has 0 spiro atoms. The molecule has 0 aromatic heterocycles. The number of carbonyl (C=O) groups excluding carboxylic acids is 1. The summed E-state index contributed by atoms with van der Waals surface area (Å²) in [6, 6.07) is 10.7. The SMILES string of the molecule is O=C1C(Cc2ccccc2)CCN1C1CCCCC(O)CC1. The van der Waals surface area contributed by atoms with Gasteiger partial charge in [0.15, 0.2) is 0 Å². The van der Waals surface area contributed by atoms with Gasteiger partial charge in [-0.3, -0.25) is 4.79 Å². The second kappa shape index (κ2) is 7.28. The van der Waals surface area contributed by atoms with Gasteiger partial charge in [-0.25, -0.2) is 0 Å². The lowest BCUT2D eigenvalue weighted by Gasteiger charge is -2.31. The van der Waals surface area contributed by atoms with Crippen molar-refractivity contribution < 1.29 is 9.90 Å². The molecule has 3 atom stereocenters. The standard InChI is InChI=1S/C19H27NO2/c21-18-9-5-4-8-17(10-11-18)20-13-12-16(19(20)22)14-15-6-2-1-3-7-15/h1-3,6-7,16-18,21H,4-5,8-14H2. The molecule has 3 heteroatoms. The van der Waals surface area contributed by atoms with Crippen LogP contribution < -0.4 is 0 Å². The van der Waals surface area contributed by atoms with E-state index < -0.39 is 0 Å². The average Bonchev–Trinajstić information content (AvgIpc) is 2.86. The number of likely N-dealkylation sites (tertiary alicyclic amines) is 1. The third-order valence-corrected chi connectivity index (χ3v) is 5.27. The molecule has 3 rings (SSSR count). The number of nitrogens with zero attached hydrogens (tertiary/aromatic N) is 1. The van der Waals surface area contributed by atoms with Crippen LogP contribution in [-0.2, 0) is 11.2 Å². The van der Waals surface area contributed by atoms with Crippen LogP contribution in [-0.4, -0.2) is 34.6 Å². The zero-order valence-corrected chi connectivity index (χ0v) is 13.3. The Morgan fingerprint density at radius 1 is 1.00 bits per heavy atom. The summed E-state index contributed by atoms with van der Waals surface area (Å²) < 4.78 is 0. The number of hydrogen-bond acceptors (Lipinski definition) is 2. The highest BCUT2D eigenvalue weighted by Crippen LogP contribution is 2.29. The molecule has 1 N–H and O–H groups in total. The number of carbonyl (C=O) groups is 1. The summed E-state index contributed by atoms with van der Waals surface area (Å²) in [6.07, 6.45) is 7.75. The largest absolute Gasteiger partial charge is 0.393 e. The molecule has 0 radical (unpaired) electrons. The zero-order valence-electron chi connectivity index (χ0n) is 13.3. The smallest absolute Gasteiger partial charge is 0.226 e. The summed E-state index contributed by atoms with van der Waals surface area (Å²) in [5.41, 5.74) is 1.26. The van der Waals surface area contributed by atoms with E-state index in [0.29, 0.717) is 11.9 Å². The first-order valence-electron chi connectivity index (χ1n) is 8.76. The maximum atomic E-state index is 12.8. The van der Waals surface area contributed by atoms with Crippen LogP contribution in [0.1, 0.15) is 50.5 Å². The van der Waals surface area contributed by atoms with Crippen LogP contribution in [0.2, 0.25) is 0 Å². The quantitative estimate of drug-likeness (QED) is 0.931. The van der Waals surface area contributed by atoms with E-state index in [1.165, 1.54) is 5.56 Å². The highest BCUT2D eigenvalue weighted by Gasteiger charge is 2.35. The highest BCUT2D eigenvalue weighted by molar-refractivity contribution is 5.81. The normalized spacial score (nSPS) is 30.1. The van der Waals surface area contributed by atoms with Crippen LogP contribution >= 0.6 is 0 Å². The topological polar surface area (TPSA) is 40.5 Å². The first-order valence-corrected chi connectivity index (χ1v) is 8.76. The van der Waals surface area contributed by atoms with Gasteiger partial charge in [-0.2, -0.15) is 0 Å². The molecule has 1 saturated heterocycles. The van der Waals surface area contributed by atoms with Gasteiger partial charge in [-0.1, -0.05) is 43.2 Å². The minimum atomic E-state index is -0.166. The van der Waals surface area contributed by atoms with E-state index in [0.717, 1.165) is 57.9 Å². The van der Waals surface area contributed by atoms with E-state index in [-0.39, 0.29) is 12.0 Å². The Labute approximate surface area is 133 Å². The van der Waals surface area contributed by atoms with E-state index >= 15 is 0 Å². The highest BCUT2D eigenvalue weighted by atomic mass is 16.3. The van der Waals surface area contributed by atoms with Crippen LogP contribution in [0.5, 0.6) is 0 Å². The van der Waals surface area contributed by atoms with Gasteiger partial charge in [-0.05, 0) is 44.1 Å². The number of aliphatic hydroxyl groups excluding tert-OH is 1. The van der Waals surface area contributed by atoms with Crippen LogP contribution in [0, 0.1) is 5.92 Å². The van der Waals surface area contributed by atoms with Crippen molar-refractivity contribution in [1.29, 1.82) is 0 Å². The lowest BCUT2D eigenvalue weighted by molar-refractivity contribution is -0.133. The summed E-state index contributed by atoms with van der Waals surface area (Å²) >= 11 is 0. The average molecular weight is 301 g/mol. The molecule has 0 bridgehead atoms. The number of hydrogen-bond donors (Lipinski definition) is 1. The molecule has 1 aromatic carbocycles. The van der Waals surface area contributed by atoms with Gasteiger partial charge < -0.3 is 10.0 Å². The summed E-state index contributed by atoms with van der Waals surface area (Å²) in [5.74, 6) is 0.488. The molecule has 2 fully saturated rings. The maximum Gasteiger partial charge on any atom is 0.226 e. The first-order chi connectivity index (χ1) is 10.7. The van der Waals surface area contributed by atoms with Gasteiger partial charge in [0.05, 0.1) is 6.10 Å². The zero-order chi connectivity index (χ0) is 15.4. The van der Waals surface area contributed by atoms with Crippen LogP contribution in [0.3, 0.4) is 0 Å². The second-order valence-electron chi connectivity index (χ2n) is 6.88. The van der Waals surface area contributed by atoms with Crippen molar-refractivity contribution in [2.24, 2.45) is 5.92 Å². The summed E-state index contributed by atoms with van der Waals surface area (Å²) in [5, 5.41) is 9.88. The van der Waals surface area contributed by atoms with Gasteiger partial charge >= 0.3 is 0 Å². The molecule has 2 aliphatic rings. The molecule has 1 saturated carbocycles. The predicted molar refractivity (Wildman–Crippen MR) is 87.5 cm³/mol. The fourth-order valence-electron chi connectivity index (χ4n) is 3.96. The van der Waals surface area contributed by atoms with Crippen LogP contribution in [0.15, 0.2) is 30.3 Å². The van der Waals surface area contributed by atoms with Gasteiger partial charge in [0, 0.05) is 18.5 Å². The van der Waals surface area contributed by atoms with Gasteiger partial charge in [0.2, 0.25) is 5.91 Å². The third kappa shape index (κ3) is 3.70. The third-order valence-electron chi connectivity index (χ3n) is 5.27. The van der Waals surface area contributed by atoms with Crippen molar-refractivity contribution in [3.8, 4) is 0 Å². The van der Waals surface area contributed by atoms with E-state index in [4.69, 9.17) is 0 Å². The Morgan fingerprint density at radius 2 is 1.77 bits per heavy atom. The fourth-order valence-corrected chi connectivity index (χ4v) is 3.96. The molecule has 120 valence electrons. The molecule has 3 nitrogen and oxygen atoms in total. The Morgan fingerprint density at radius 3 is 2.59 bits per heavy atom. The van der Waals surface area contributed by atoms with E-state index in [2.05, 4.69) is 17.0 Å².